The molecule has 0 aliphatic heterocycles. The molecule has 0 unspecified atom stereocenters. The number of hydrogen-bond acceptors (Lipinski definition) is 4. The van der Waals surface area contributed by atoms with Gasteiger partial charge in [0.25, 0.3) is 0 Å². The van der Waals surface area contributed by atoms with E-state index in [1.165, 1.54) is 0 Å². The van der Waals surface area contributed by atoms with Gasteiger partial charge in [0.2, 0.25) is 0 Å². The first kappa shape index (κ1) is 10.6. The van der Waals surface area contributed by atoms with Crippen LogP contribution in [0.4, 0.5) is 5.82 Å². The van der Waals surface area contributed by atoms with Crippen molar-refractivity contribution in [2.75, 3.05) is 18.5 Å². The summed E-state index contributed by atoms with van der Waals surface area (Å²) >= 11 is 0. The van der Waals surface area contributed by atoms with E-state index in [0.29, 0.717) is 13.0 Å². The number of hydrogen-bond donors (Lipinski definition) is 3. The molecule has 2 aromatic heterocycles. The van der Waals surface area contributed by atoms with E-state index in [2.05, 4.69) is 20.5 Å². The largest absolute Gasteiger partial charge is 0.396 e. The van der Waals surface area contributed by atoms with Crippen molar-refractivity contribution in [1.82, 2.24) is 15.2 Å². The fourth-order valence-electron chi connectivity index (χ4n) is 1.36. The Kier molecular flexibility index (Phi) is 3.50. The molecule has 2 aromatic rings. The Hall–Kier alpha value is -1.88. The quantitative estimate of drug-likeness (QED) is 0.661. The molecule has 0 spiro atoms. The topological polar surface area (TPSA) is 73.8 Å². The molecule has 0 saturated carbocycles. The molecule has 0 bridgehead atoms. The van der Waals surface area contributed by atoms with E-state index in [9.17, 15) is 0 Å². The van der Waals surface area contributed by atoms with Gasteiger partial charge >= 0.3 is 0 Å². The Bertz CT molecular complexity index is 410. The Labute approximate surface area is 93.5 Å². The first-order chi connectivity index (χ1) is 7.90. The van der Waals surface area contributed by atoms with Gasteiger partial charge in [0.05, 0.1) is 5.69 Å². The van der Waals surface area contributed by atoms with Gasteiger partial charge in [-0.05, 0) is 30.7 Å². The summed E-state index contributed by atoms with van der Waals surface area (Å²) in [7, 11) is 0. The molecule has 0 aromatic carbocycles. The molecule has 5 nitrogen and oxygen atoms in total. The molecule has 3 N–H and O–H groups in total. The molecule has 0 fully saturated rings. The summed E-state index contributed by atoms with van der Waals surface area (Å²) in [5.74, 6) is 0.726. The van der Waals surface area contributed by atoms with Crippen LogP contribution in [0.2, 0.25) is 0 Å². The van der Waals surface area contributed by atoms with Crippen LogP contribution >= 0.6 is 0 Å². The molecule has 0 aliphatic rings. The van der Waals surface area contributed by atoms with Gasteiger partial charge < -0.3 is 15.4 Å². The third kappa shape index (κ3) is 2.58. The number of anilines is 1. The minimum absolute atomic E-state index is 0.182. The van der Waals surface area contributed by atoms with Crippen LogP contribution in [0.1, 0.15) is 6.42 Å². The fraction of sp³-hybridized carbons (Fsp3) is 0.273. The van der Waals surface area contributed by atoms with Gasteiger partial charge in [0, 0.05) is 19.3 Å². The Balaban J connectivity index is 2.00. The zero-order valence-corrected chi connectivity index (χ0v) is 8.85. The first-order valence-corrected chi connectivity index (χ1v) is 5.22. The van der Waals surface area contributed by atoms with Crippen LogP contribution < -0.4 is 5.32 Å². The van der Waals surface area contributed by atoms with Crippen LogP contribution in [-0.2, 0) is 0 Å². The Morgan fingerprint density at radius 3 is 2.81 bits per heavy atom. The lowest BCUT2D eigenvalue weighted by molar-refractivity contribution is 0.292. The molecule has 0 atom stereocenters. The summed E-state index contributed by atoms with van der Waals surface area (Å²) in [6.45, 7) is 0.883. The van der Waals surface area contributed by atoms with Gasteiger partial charge in [0.1, 0.15) is 11.5 Å². The van der Waals surface area contributed by atoms with Crippen LogP contribution in [0.15, 0.2) is 30.5 Å². The highest BCUT2D eigenvalue weighted by Gasteiger charge is 2.00. The number of aromatic amines is 1. The number of H-pyrrole nitrogens is 1. The van der Waals surface area contributed by atoms with E-state index in [1.807, 2.05) is 30.5 Å². The zero-order chi connectivity index (χ0) is 11.2. The second-order valence-corrected chi connectivity index (χ2v) is 3.39. The number of nitrogens with one attached hydrogen (secondary N) is 2. The third-order valence-electron chi connectivity index (χ3n) is 2.18. The summed E-state index contributed by atoms with van der Waals surface area (Å²) in [6, 6.07) is 7.65. The van der Waals surface area contributed by atoms with Gasteiger partial charge in [-0.15, -0.1) is 10.2 Å². The van der Waals surface area contributed by atoms with Crippen LogP contribution in [0, 0.1) is 0 Å². The third-order valence-corrected chi connectivity index (χ3v) is 2.18. The number of aromatic nitrogens is 3. The van der Waals surface area contributed by atoms with Crippen LogP contribution in [0.5, 0.6) is 0 Å². The van der Waals surface area contributed by atoms with E-state index in [4.69, 9.17) is 5.11 Å². The van der Waals surface area contributed by atoms with E-state index in [1.54, 1.807) is 0 Å². The molecular formula is C11H14N4O. The lowest BCUT2D eigenvalue weighted by atomic mass is 10.3. The van der Waals surface area contributed by atoms with Gasteiger partial charge in [-0.25, -0.2) is 0 Å². The number of aliphatic hydroxyl groups is 1. The number of aliphatic hydroxyl groups excluding tert-OH is 1. The normalized spacial score (nSPS) is 10.3. The van der Waals surface area contributed by atoms with E-state index in [0.717, 1.165) is 17.2 Å². The lowest BCUT2D eigenvalue weighted by Gasteiger charge is -2.03. The second kappa shape index (κ2) is 5.27. The molecule has 0 aliphatic carbocycles. The minimum atomic E-state index is 0.182. The van der Waals surface area contributed by atoms with Crippen molar-refractivity contribution < 1.29 is 5.11 Å². The summed E-state index contributed by atoms with van der Waals surface area (Å²) in [4.78, 5) is 3.07. The van der Waals surface area contributed by atoms with E-state index >= 15 is 0 Å². The van der Waals surface area contributed by atoms with Crippen molar-refractivity contribution in [3.63, 3.8) is 0 Å². The predicted octanol–water partition coefficient (Wildman–Crippen LogP) is 1.27. The highest BCUT2D eigenvalue weighted by atomic mass is 16.3. The van der Waals surface area contributed by atoms with Crippen LogP contribution in [0.3, 0.4) is 0 Å². The monoisotopic (exact) mass is 218 g/mol. The number of rotatable bonds is 5. The molecule has 0 amide bonds. The maximum atomic E-state index is 8.63. The Morgan fingerprint density at radius 2 is 2.19 bits per heavy atom. The van der Waals surface area contributed by atoms with Crippen molar-refractivity contribution in [2.24, 2.45) is 0 Å². The summed E-state index contributed by atoms with van der Waals surface area (Å²) in [6.07, 6.45) is 2.56. The van der Waals surface area contributed by atoms with Crippen LogP contribution in [0.25, 0.3) is 11.4 Å². The fourth-order valence-corrected chi connectivity index (χ4v) is 1.36. The SMILES string of the molecule is OCCCNc1ccc(-c2ccc[nH]2)nn1. The number of nitrogens with zero attached hydrogens (tertiary/aromatic N) is 2. The molecule has 0 saturated heterocycles. The molecule has 0 radical (unpaired) electrons. The molecule has 84 valence electrons. The lowest BCUT2D eigenvalue weighted by Crippen LogP contribution is -2.05. The first-order valence-electron chi connectivity index (χ1n) is 5.22. The summed E-state index contributed by atoms with van der Waals surface area (Å²) in [5, 5.41) is 19.8. The predicted molar refractivity (Wildman–Crippen MR) is 62.0 cm³/mol. The van der Waals surface area contributed by atoms with Gasteiger partial charge in [-0.2, -0.15) is 0 Å². The maximum absolute atomic E-state index is 8.63. The van der Waals surface area contributed by atoms with Crippen molar-refractivity contribution in [3.8, 4) is 11.4 Å². The molecular weight excluding hydrogens is 204 g/mol. The van der Waals surface area contributed by atoms with Crippen LogP contribution in [-0.4, -0.2) is 33.4 Å². The Morgan fingerprint density at radius 1 is 1.25 bits per heavy atom. The van der Waals surface area contributed by atoms with Crippen molar-refractivity contribution in [3.05, 3.63) is 30.5 Å². The van der Waals surface area contributed by atoms with Gasteiger partial charge in [0.15, 0.2) is 0 Å². The zero-order valence-electron chi connectivity index (χ0n) is 8.85. The van der Waals surface area contributed by atoms with Crippen molar-refractivity contribution >= 4 is 5.82 Å². The van der Waals surface area contributed by atoms with Crippen molar-refractivity contribution in [2.45, 2.75) is 6.42 Å². The molecule has 16 heavy (non-hydrogen) atoms. The standard InChI is InChI=1S/C11H14N4O/c16-8-2-7-13-11-5-4-10(14-15-11)9-3-1-6-12-9/h1,3-6,12,16H,2,7-8H2,(H,13,15). The minimum Gasteiger partial charge on any atom is -0.396 e. The smallest absolute Gasteiger partial charge is 0.148 e. The second-order valence-electron chi connectivity index (χ2n) is 3.39. The summed E-state index contributed by atoms with van der Waals surface area (Å²) in [5.41, 5.74) is 1.77. The van der Waals surface area contributed by atoms with Gasteiger partial charge in [-0.1, -0.05) is 0 Å². The van der Waals surface area contributed by atoms with Crippen molar-refractivity contribution in [1.29, 1.82) is 0 Å². The van der Waals surface area contributed by atoms with E-state index < -0.39 is 0 Å². The van der Waals surface area contributed by atoms with Gasteiger partial charge in [-0.3, -0.25) is 0 Å². The molecule has 5 heteroatoms. The van der Waals surface area contributed by atoms with E-state index in [-0.39, 0.29) is 6.61 Å². The molecule has 2 rings (SSSR count). The average molecular weight is 218 g/mol. The summed E-state index contributed by atoms with van der Waals surface area (Å²) < 4.78 is 0. The average Bonchev–Trinajstić information content (AvgIpc) is 2.84. The maximum Gasteiger partial charge on any atom is 0.148 e. The highest BCUT2D eigenvalue weighted by Crippen LogP contribution is 2.13. The molecule has 2 heterocycles. The highest BCUT2D eigenvalue weighted by molar-refractivity contribution is 5.54.